The monoisotopic (exact) mass is 533 g/mol. The third kappa shape index (κ3) is 5.71. The average Bonchev–Trinajstić information content (AvgIpc) is 3.17. The molecule has 0 amide bonds. The first-order valence-corrected chi connectivity index (χ1v) is 12.9. The maximum atomic E-state index is 12.0. The highest BCUT2D eigenvalue weighted by Gasteiger charge is 2.25. The number of fused-ring (bicyclic) bond motifs is 2. The number of carboxylic acids is 1. The summed E-state index contributed by atoms with van der Waals surface area (Å²) in [5, 5.41) is 18.3. The average molecular weight is 534 g/mol. The molecule has 0 bridgehead atoms. The first-order valence-electron chi connectivity index (χ1n) is 12.9. The van der Waals surface area contributed by atoms with E-state index in [1.165, 1.54) is 6.07 Å². The van der Waals surface area contributed by atoms with Gasteiger partial charge in [-0.3, -0.25) is 14.5 Å². The van der Waals surface area contributed by atoms with Gasteiger partial charge in [0.15, 0.2) is 0 Å². The number of ether oxygens (including phenoxy) is 1. The predicted octanol–water partition coefficient (Wildman–Crippen LogP) is 3.23. The molecular formula is C29H35N5O5. The lowest BCUT2D eigenvalue weighted by molar-refractivity contribution is -0.137. The number of hydrogen-bond acceptors (Lipinski definition) is 6. The van der Waals surface area contributed by atoms with Crippen molar-refractivity contribution in [1.82, 2.24) is 24.9 Å². The van der Waals surface area contributed by atoms with Gasteiger partial charge in [-0.25, -0.2) is 4.68 Å². The molecule has 206 valence electrons. The van der Waals surface area contributed by atoms with E-state index < -0.39 is 5.97 Å². The van der Waals surface area contributed by atoms with Crippen LogP contribution in [0.5, 0.6) is 5.75 Å². The Labute approximate surface area is 226 Å². The van der Waals surface area contributed by atoms with Crippen molar-refractivity contribution in [3.8, 4) is 5.75 Å². The highest BCUT2D eigenvalue weighted by Crippen LogP contribution is 2.34. The van der Waals surface area contributed by atoms with Gasteiger partial charge in [0.25, 0.3) is 0 Å². The van der Waals surface area contributed by atoms with Gasteiger partial charge in [-0.15, -0.1) is 5.10 Å². The lowest BCUT2D eigenvalue weighted by Crippen LogP contribution is -2.32. The summed E-state index contributed by atoms with van der Waals surface area (Å²) in [6.07, 6.45) is 0.824. The molecule has 1 aliphatic rings. The third-order valence-corrected chi connectivity index (χ3v) is 7.55. The molecule has 1 aliphatic heterocycles. The molecule has 2 atom stereocenters. The van der Waals surface area contributed by atoms with Crippen LogP contribution in [-0.4, -0.2) is 54.1 Å². The Kier molecular flexibility index (Phi) is 8.17. The van der Waals surface area contributed by atoms with Gasteiger partial charge in [0.05, 0.1) is 17.6 Å². The number of benzene rings is 2. The number of aromatic nitrogens is 4. The number of carbonyl (C=O) groups is 1. The van der Waals surface area contributed by atoms with Crippen molar-refractivity contribution >= 4 is 17.0 Å². The van der Waals surface area contributed by atoms with Gasteiger partial charge in [0.2, 0.25) is 5.56 Å². The van der Waals surface area contributed by atoms with E-state index in [0.29, 0.717) is 13.1 Å². The fourth-order valence-corrected chi connectivity index (χ4v) is 5.39. The van der Waals surface area contributed by atoms with Gasteiger partial charge in [-0.05, 0) is 60.2 Å². The van der Waals surface area contributed by atoms with E-state index in [4.69, 9.17) is 4.74 Å². The van der Waals surface area contributed by atoms with Crippen LogP contribution >= 0.6 is 0 Å². The van der Waals surface area contributed by atoms with Crippen molar-refractivity contribution in [2.45, 2.75) is 58.7 Å². The van der Waals surface area contributed by atoms with Crippen molar-refractivity contribution in [3.05, 3.63) is 86.3 Å². The molecule has 2 aromatic carbocycles. The second-order valence-electron chi connectivity index (χ2n) is 10.2. The van der Waals surface area contributed by atoms with Crippen LogP contribution in [0.15, 0.2) is 47.3 Å². The number of aryl methyl sites for hydroxylation is 3. The Morgan fingerprint density at radius 1 is 1.21 bits per heavy atom. The third-order valence-electron chi connectivity index (χ3n) is 7.55. The fourth-order valence-electron chi connectivity index (χ4n) is 5.39. The van der Waals surface area contributed by atoms with Gasteiger partial charge >= 0.3 is 5.97 Å². The van der Waals surface area contributed by atoms with Gasteiger partial charge < -0.3 is 20.3 Å². The molecule has 4 N–H and O–H groups in total. The Bertz CT molecular complexity index is 1560. The standard InChI is InChI=1S/C29H33N5O4.H2O/c1-5-21-15-34(16-24-26(38-21)10-11-27(35)30-24)14-20-12-19(7-6-17(20)2)23(13-28(36)37)22-8-9-25-29(18(22)3)31-32-33(25)4;/h6-12,21,23H,5,13-16H2,1-4H3,(H,30,35)(H,36,37);1H2/t21-,23-;/m1./s1. The van der Waals surface area contributed by atoms with Crippen LogP contribution in [0.3, 0.4) is 0 Å². The highest BCUT2D eigenvalue weighted by molar-refractivity contribution is 5.80. The summed E-state index contributed by atoms with van der Waals surface area (Å²) in [5.41, 5.74) is 7.41. The quantitative estimate of drug-likeness (QED) is 0.371. The molecule has 10 nitrogen and oxygen atoms in total. The van der Waals surface area contributed by atoms with Gasteiger partial charge in [-0.2, -0.15) is 0 Å². The van der Waals surface area contributed by atoms with Crippen molar-refractivity contribution < 1.29 is 20.1 Å². The molecule has 0 saturated heterocycles. The number of H-pyrrole nitrogens is 1. The van der Waals surface area contributed by atoms with Crippen LogP contribution in [0.25, 0.3) is 11.0 Å². The lowest BCUT2D eigenvalue weighted by atomic mass is 9.84. The molecule has 5 rings (SSSR count). The summed E-state index contributed by atoms with van der Waals surface area (Å²) in [6, 6.07) is 13.4. The van der Waals surface area contributed by atoms with Crippen LogP contribution in [0.4, 0.5) is 0 Å². The second kappa shape index (κ2) is 11.4. The van der Waals surface area contributed by atoms with E-state index in [9.17, 15) is 14.7 Å². The minimum atomic E-state index is -0.855. The summed E-state index contributed by atoms with van der Waals surface area (Å²) in [5.74, 6) is -0.459. The van der Waals surface area contributed by atoms with E-state index >= 15 is 0 Å². The predicted molar refractivity (Wildman–Crippen MR) is 148 cm³/mol. The van der Waals surface area contributed by atoms with E-state index in [1.807, 2.05) is 32.2 Å². The zero-order valence-corrected chi connectivity index (χ0v) is 22.7. The fraction of sp³-hybridized carbons (Fsp3) is 0.379. The molecular weight excluding hydrogens is 498 g/mol. The van der Waals surface area contributed by atoms with Crippen LogP contribution in [0, 0.1) is 13.8 Å². The second-order valence-corrected chi connectivity index (χ2v) is 10.2. The number of carboxylic acid groups (broad SMARTS) is 1. The molecule has 0 spiro atoms. The Balaban J connectivity index is 0.00000353. The summed E-state index contributed by atoms with van der Waals surface area (Å²) in [6.45, 7) is 8.08. The normalized spacial score (nSPS) is 16.2. The van der Waals surface area contributed by atoms with Crippen LogP contribution < -0.4 is 10.3 Å². The smallest absolute Gasteiger partial charge is 0.304 e. The number of aromatic amines is 1. The van der Waals surface area contributed by atoms with E-state index in [1.54, 1.807) is 10.7 Å². The number of rotatable bonds is 7. The number of aliphatic carboxylic acids is 1. The van der Waals surface area contributed by atoms with Crippen molar-refractivity contribution in [2.75, 3.05) is 6.54 Å². The SMILES string of the molecule is CC[C@@H]1CN(Cc2cc([C@@H](CC(=O)O)c3ccc4c(nnn4C)c3C)ccc2C)Cc2[nH]c(=O)ccc2O1.O. The highest BCUT2D eigenvalue weighted by atomic mass is 16.5. The minimum Gasteiger partial charge on any atom is -0.487 e. The number of hydrogen-bond donors (Lipinski definition) is 2. The molecule has 3 heterocycles. The maximum absolute atomic E-state index is 12.0. The van der Waals surface area contributed by atoms with E-state index in [-0.39, 0.29) is 29.5 Å². The van der Waals surface area contributed by atoms with Crippen LogP contribution in [0.1, 0.15) is 59.2 Å². The van der Waals surface area contributed by atoms with Crippen molar-refractivity contribution in [3.63, 3.8) is 0 Å². The molecule has 0 aliphatic carbocycles. The van der Waals surface area contributed by atoms with Gasteiger partial charge in [0, 0.05) is 38.7 Å². The number of nitrogens with zero attached hydrogens (tertiary/aromatic N) is 4. The zero-order valence-electron chi connectivity index (χ0n) is 22.7. The number of pyridine rings is 1. The summed E-state index contributed by atoms with van der Waals surface area (Å²) in [4.78, 5) is 29.2. The van der Waals surface area contributed by atoms with E-state index in [0.717, 1.165) is 63.3 Å². The van der Waals surface area contributed by atoms with Crippen LogP contribution in [0.2, 0.25) is 0 Å². The summed E-state index contributed by atoms with van der Waals surface area (Å²) >= 11 is 0. The zero-order chi connectivity index (χ0) is 27.0. The molecule has 4 aromatic rings. The van der Waals surface area contributed by atoms with Crippen molar-refractivity contribution in [2.24, 2.45) is 7.05 Å². The topological polar surface area (TPSA) is 145 Å². The van der Waals surface area contributed by atoms with Crippen LogP contribution in [-0.2, 0) is 24.9 Å². The Morgan fingerprint density at radius 2 is 2.00 bits per heavy atom. The van der Waals surface area contributed by atoms with E-state index in [2.05, 4.69) is 46.2 Å². The maximum Gasteiger partial charge on any atom is 0.304 e. The molecule has 39 heavy (non-hydrogen) atoms. The first kappa shape index (κ1) is 28.0. The Hall–Kier alpha value is -4.02. The molecule has 0 saturated carbocycles. The largest absolute Gasteiger partial charge is 0.487 e. The van der Waals surface area contributed by atoms with Gasteiger partial charge in [0.1, 0.15) is 17.4 Å². The first-order chi connectivity index (χ1) is 18.2. The molecule has 2 aromatic heterocycles. The molecule has 10 heteroatoms. The summed E-state index contributed by atoms with van der Waals surface area (Å²) in [7, 11) is 1.85. The minimum absolute atomic E-state index is 0. The molecule has 0 fully saturated rings. The van der Waals surface area contributed by atoms with Crippen molar-refractivity contribution in [1.29, 1.82) is 0 Å². The summed E-state index contributed by atoms with van der Waals surface area (Å²) < 4.78 is 7.91. The molecule has 0 radical (unpaired) electrons. The van der Waals surface area contributed by atoms with Gasteiger partial charge in [-0.1, -0.05) is 36.4 Å². The lowest BCUT2D eigenvalue weighted by Gasteiger charge is -2.25. The molecule has 0 unspecified atom stereocenters. The Morgan fingerprint density at radius 3 is 2.74 bits per heavy atom. The number of nitrogens with one attached hydrogen (secondary N) is 1.